The van der Waals surface area contributed by atoms with E-state index in [1.165, 1.54) is 0 Å². The van der Waals surface area contributed by atoms with Gasteiger partial charge in [-0.05, 0) is 67.8 Å². The average Bonchev–Trinajstić information content (AvgIpc) is 2.69. The third-order valence-corrected chi connectivity index (χ3v) is 7.35. The van der Waals surface area contributed by atoms with Gasteiger partial charge in [-0.25, -0.2) is 8.42 Å². The lowest BCUT2D eigenvalue weighted by molar-refractivity contribution is 0.112. The number of aryl methyl sites for hydroxylation is 3. The third kappa shape index (κ3) is 3.77. The van der Waals surface area contributed by atoms with Crippen LogP contribution in [0.2, 0.25) is 0 Å². The summed E-state index contributed by atoms with van der Waals surface area (Å²) in [6.07, 6.45) is 0.869. The molecule has 0 radical (unpaired) electrons. The summed E-state index contributed by atoms with van der Waals surface area (Å²) in [6.45, 7) is 7.73. The van der Waals surface area contributed by atoms with Crippen molar-refractivity contribution in [3.05, 3.63) is 52.6 Å². The predicted molar refractivity (Wildman–Crippen MR) is 110 cm³/mol. The van der Waals surface area contributed by atoms with E-state index in [-0.39, 0.29) is 0 Å². The minimum atomic E-state index is -3.55. The highest BCUT2D eigenvalue weighted by atomic mass is 32.2. The molecule has 150 valence electrons. The average molecular weight is 403 g/mol. The lowest BCUT2D eigenvalue weighted by atomic mass is 10.0. The van der Waals surface area contributed by atoms with Gasteiger partial charge in [0.2, 0.25) is 10.0 Å². The summed E-state index contributed by atoms with van der Waals surface area (Å²) >= 11 is 0. The Bertz CT molecular complexity index is 994. The summed E-state index contributed by atoms with van der Waals surface area (Å²) in [5, 5.41) is 0. The maximum Gasteiger partial charge on any atom is 0.243 e. The van der Waals surface area contributed by atoms with Gasteiger partial charge in [0.1, 0.15) is 12.0 Å². The van der Waals surface area contributed by atoms with Crippen LogP contribution in [0, 0.1) is 20.8 Å². The van der Waals surface area contributed by atoms with Crippen molar-refractivity contribution in [2.45, 2.75) is 25.7 Å². The zero-order valence-corrected chi connectivity index (χ0v) is 17.5. The first-order valence-electron chi connectivity index (χ1n) is 9.24. The fraction of sp³-hybridized carbons (Fsp3) is 0.381. The normalized spacial score (nSPS) is 15.5. The topological polar surface area (TPSA) is 66.9 Å². The molecule has 2 aromatic rings. The fourth-order valence-corrected chi connectivity index (χ4v) is 5.27. The summed E-state index contributed by atoms with van der Waals surface area (Å²) in [4.78, 5) is 13.6. The van der Waals surface area contributed by atoms with Gasteiger partial charge in [-0.2, -0.15) is 4.31 Å². The van der Waals surface area contributed by atoms with Gasteiger partial charge in [0, 0.05) is 37.4 Å². The van der Waals surface area contributed by atoms with Crippen molar-refractivity contribution in [1.82, 2.24) is 4.31 Å². The van der Waals surface area contributed by atoms with Gasteiger partial charge in [0.25, 0.3) is 0 Å². The lowest BCUT2D eigenvalue weighted by Gasteiger charge is -2.36. The van der Waals surface area contributed by atoms with Gasteiger partial charge >= 0.3 is 0 Å². The number of sulfonamides is 1. The SMILES string of the molecule is COc1ccc(S(=O)(=O)N2CCN(c3cc(C)c(C=O)cc3C)CC2)c(C)c1. The number of anilines is 1. The van der Waals surface area contributed by atoms with Gasteiger partial charge in [-0.1, -0.05) is 0 Å². The number of carbonyl (C=O) groups excluding carboxylic acids is 1. The molecule has 2 aromatic carbocycles. The number of carbonyl (C=O) groups is 1. The highest BCUT2D eigenvalue weighted by Crippen LogP contribution is 2.28. The molecule has 1 heterocycles. The zero-order chi connectivity index (χ0) is 20.5. The van der Waals surface area contributed by atoms with Gasteiger partial charge in [-0.3, -0.25) is 4.79 Å². The Labute approximate surface area is 166 Å². The van der Waals surface area contributed by atoms with Crippen molar-refractivity contribution in [2.24, 2.45) is 0 Å². The molecule has 7 heteroatoms. The van der Waals surface area contributed by atoms with Crippen LogP contribution in [0.4, 0.5) is 5.69 Å². The number of methoxy groups -OCH3 is 1. The summed E-state index contributed by atoms with van der Waals surface area (Å²) in [5.74, 6) is 0.644. The standard InChI is InChI=1S/C21H26N2O4S/c1-15-13-20(16(2)11-18(15)14-24)22-7-9-23(10-8-22)28(25,26)21-6-5-19(27-4)12-17(21)3/h5-6,11-14H,7-10H2,1-4H3. The van der Waals surface area contributed by atoms with Crippen LogP contribution in [0.1, 0.15) is 27.0 Å². The molecule has 0 unspecified atom stereocenters. The fourth-order valence-electron chi connectivity index (χ4n) is 3.64. The van der Waals surface area contributed by atoms with Crippen molar-refractivity contribution < 1.29 is 17.9 Å². The quantitative estimate of drug-likeness (QED) is 0.720. The highest BCUT2D eigenvalue weighted by Gasteiger charge is 2.30. The van der Waals surface area contributed by atoms with E-state index >= 15 is 0 Å². The molecule has 0 aliphatic carbocycles. The smallest absolute Gasteiger partial charge is 0.243 e. The molecule has 0 N–H and O–H groups in total. The van der Waals surface area contributed by atoms with Crippen molar-refractivity contribution in [2.75, 3.05) is 38.2 Å². The van der Waals surface area contributed by atoms with Gasteiger partial charge in [0.05, 0.1) is 12.0 Å². The Kier molecular flexibility index (Phi) is 5.76. The largest absolute Gasteiger partial charge is 0.497 e. The molecular formula is C21H26N2O4S. The Morgan fingerprint density at radius 2 is 1.61 bits per heavy atom. The van der Waals surface area contributed by atoms with E-state index in [0.717, 1.165) is 23.1 Å². The van der Waals surface area contributed by atoms with E-state index in [1.54, 1.807) is 36.5 Å². The molecule has 0 amide bonds. The van der Waals surface area contributed by atoms with Crippen LogP contribution in [0.3, 0.4) is 0 Å². The number of piperazine rings is 1. The molecule has 0 saturated carbocycles. The van der Waals surface area contributed by atoms with Crippen LogP contribution in [0.25, 0.3) is 0 Å². The van der Waals surface area contributed by atoms with Crippen molar-refractivity contribution in [3.63, 3.8) is 0 Å². The van der Waals surface area contributed by atoms with E-state index < -0.39 is 10.0 Å². The molecule has 0 bridgehead atoms. The summed E-state index contributed by atoms with van der Waals surface area (Å²) in [5.41, 5.74) is 4.38. The van der Waals surface area contributed by atoms with Crippen LogP contribution in [0.15, 0.2) is 35.2 Å². The second-order valence-corrected chi connectivity index (χ2v) is 9.04. The highest BCUT2D eigenvalue weighted by molar-refractivity contribution is 7.89. The third-order valence-electron chi connectivity index (χ3n) is 5.29. The Hall–Kier alpha value is -2.38. The molecule has 1 aliphatic heterocycles. The van der Waals surface area contributed by atoms with Gasteiger partial charge < -0.3 is 9.64 Å². The monoisotopic (exact) mass is 402 g/mol. The van der Waals surface area contributed by atoms with Crippen LogP contribution in [-0.4, -0.2) is 52.3 Å². The van der Waals surface area contributed by atoms with E-state index in [0.29, 0.717) is 48.0 Å². The number of aldehydes is 1. The van der Waals surface area contributed by atoms with Crippen molar-refractivity contribution in [1.29, 1.82) is 0 Å². The van der Waals surface area contributed by atoms with Crippen LogP contribution in [0.5, 0.6) is 5.75 Å². The van der Waals surface area contributed by atoms with Crippen LogP contribution >= 0.6 is 0 Å². The second kappa shape index (κ2) is 7.93. The summed E-state index contributed by atoms with van der Waals surface area (Å²) in [7, 11) is -1.98. The number of ether oxygens (including phenoxy) is 1. The molecule has 0 aromatic heterocycles. The number of hydrogen-bond acceptors (Lipinski definition) is 5. The minimum absolute atomic E-state index is 0.323. The predicted octanol–water partition coefficient (Wildman–Crippen LogP) is 2.94. The Morgan fingerprint density at radius 1 is 0.929 bits per heavy atom. The number of nitrogens with zero attached hydrogens (tertiary/aromatic N) is 2. The van der Waals surface area contributed by atoms with Crippen molar-refractivity contribution in [3.8, 4) is 5.75 Å². The molecule has 0 atom stereocenters. The molecular weight excluding hydrogens is 376 g/mol. The van der Waals surface area contributed by atoms with Crippen LogP contribution in [-0.2, 0) is 10.0 Å². The molecule has 1 fully saturated rings. The molecule has 6 nitrogen and oxygen atoms in total. The minimum Gasteiger partial charge on any atom is -0.497 e. The van der Waals surface area contributed by atoms with E-state index in [9.17, 15) is 13.2 Å². The molecule has 1 aliphatic rings. The first-order chi connectivity index (χ1) is 13.3. The first kappa shape index (κ1) is 20.4. The molecule has 0 spiro atoms. The Morgan fingerprint density at radius 3 is 2.18 bits per heavy atom. The van der Waals surface area contributed by atoms with E-state index in [1.807, 2.05) is 26.0 Å². The number of rotatable bonds is 5. The summed E-state index contributed by atoms with van der Waals surface area (Å²) in [6, 6.07) is 8.93. The van der Waals surface area contributed by atoms with Crippen LogP contribution < -0.4 is 9.64 Å². The molecule has 28 heavy (non-hydrogen) atoms. The molecule has 3 rings (SSSR count). The summed E-state index contributed by atoms with van der Waals surface area (Å²) < 4.78 is 32.9. The maximum absolute atomic E-state index is 13.1. The van der Waals surface area contributed by atoms with Gasteiger partial charge in [0.15, 0.2) is 0 Å². The maximum atomic E-state index is 13.1. The van der Waals surface area contributed by atoms with E-state index in [4.69, 9.17) is 4.74 Å². The van der Waals surface area contributed by atoms with E-state index in [2.05, 4.69) is 4.90 Å². The number of hydrogen-bond donors (Lipinski definition) is 0. The lowest BCUT2D eigenvalue weighted by Crippen LogP contribution is -2.49. The molecule has 1 saturated heterocycles. The van der Waals surface area contributed by atoms with Gasteiger partial charge in [-0.15, -0.1) is 0 Å². The Balaban J connectivity index is 1.78. The first-order valence-corrected chi connectivity index (χ1v) is 10.7. The second-order valence-electron chi connectivity index (χ2n) is 7.14. The van der Waals surface area contributed by atoms with Crippen molar-refractivity contribution >= 4 is 22.0 Å². The zero-order valence-electron chi connectivity index (χ0n) is 16.7. The number of benzene rings is 2.